The average Bonchev–Trinajstić information content (AvgIpc) is 2.39. The van der Waals surface area contributed by atoms with Gasteiger partial charge in [-0.1, -0.05) is 12.1 Å². The molecule has 1 aromatic carbocycles. The lowest BCUT2D eigenvalue weighted by molar-refractivity contribution is 0.578. The smallest absolute Gasteiger partial charge is 0.240 e. The summed E-state index contributed by atoms with van der Waals surface area (Å²) in [5.41, 5.74) is 6.36. The minimum absolute atomic E-state index is 0.0973. The van der Waals surface area contributed by atoms with Gasteiger partial charge in [0.05, 0.1) is 10.6 Å². The van der Waals surface area contributed by atoms with Crippen LogP contribution in [0, 0.1) is 0 Å². The van der Waals surface area contributed by atoms with Gasteiger partial charge in [-0.3, -0.25) is 0 Å². The second-order valence-electron chi connectivity index (χ2n) is 4.10. The fourth-order valence-electron chi connectivity index (χ4n) is 1.50. The van der Waals surface area contributed by atoms with Crippen LogP contribution in [0.5, 0.6) is 0 Å². The van der Waals surface area contributed by atoms with Crippen molar-refractivity contribution in [1.82, 2.24) is 9.44 Å². The van der Waals surface area contributed by atoms with E-state index in [9.17, 15) is 16.8 Å². The van der Waals surface area contributed by atoms with Crippen LogP contribution in [0.1, 0.15) is 5.56 Å². The topological polar surface area (TPSA) is 118 Å². The fourth-order valence-corrected chi connectivity index (χ4v) is 3.23. The molecule has 0 atom stereocenters. The Morgan fingerprint density at radius 1 is 1.10 bits per heavy atom. The molecule has 0 fully saturated rings. The van der Waals surface area contributed by atoms with Crippen molar-refractivity contribution < 1.29 is 16.8 Å². The van der Waals surface area contributed by atoms with Gasteiger partial charge in [0.2, 0.25) is 20.0 Å². The summed E-state index contributed by atoms with van der Waals surface area (Å²) in [4.78, 5) is 0.0973. The summed E-state index contributed by atoms with van der Waals surface area (Å²) in [6.45, 7) is 0.308. The number of hydrogen-bond donors (Lipinski definition) is 3. The molecule has 20 heavy (non-hydrogen) atoms. The van der Waals surface area contributed by atoms with Crippen molar-refractivity contribution in [3.63, 3.8) is 0 Å². The highest BCUT2D eigenvalue weighted by atomic mass is 32.2. The predicted octanol–water partition coefficient (Wildman–Crippen LogP) is -0.985. The summed E-state index contributed by atoms with van der Waals surface area (Å²) in [6.07, 6.45) is 0.675. The zero-order chi connectivity index (χ0) is 15.2. The first-order valence-corrected chi connectivity index (χ1v) is 9.14. The molecule has 7 nitrogen and oxygen atoms in total. The Balaban J connectivity index is 2.69. The Hall–Kier alpha value is -1.00. The van der Waals surface area contributed by atoms with E-state index >= 15 is 0 Å². The Morgan fingerprint density at radius 2 is 1.70 bits per heavy atom. The minimum atomic E-state index is -3.70. The van der Waals surface area contributed by atoms with Crippen LogP contribution in [0.4, 0.5) is 0 Å². The minimum Gasteiger partial charge on any atom is -0.330 e. The first kappa shape index (κ1) is 17.1. The third-order valence-corrected chi connectivity index (χ3v) is 5.48. The molecule has 0 spiro atoms. The molecule has 0 bridgehead atoms. The second kappa shape index (κ2) is 7.14. The summed E-state index contributed by atoms with van der Waals surface area (Å²) in [6, 6.07) is 6.32. The molecule has 114 valence electrons. The lowest BCUT2D eigenvalue weighted by atomic mass is 10.2. The summed E-state index contributed by atoms with van der Waals surface area (Å²) < 4.78 is 50.6. The molecule has 0 heterocycles. The largest absolute Gasteiger partial charge is 0.330 e. The molecule has 0 saturated carbocycles. The van der Waals surface area contributed by atoms with Crippen molar-refractivity contribution in [2.24, 2.45) is 5.73 Å². The van der Waals surface area contributed by atoms with Gasteiger partial charge in [0.25, 0.3) is 0 Å². The van der Waals surface area contributed by atoms with E-state index < -0.39 is 20.0 Å². The number of sulfonamides is 2. The van der Waals surface area contributed by atoms with Crippen molar-refractivity contribution >= 4 is 20.0 Å². The molecule has 1 aromatic rings. The number of nitrogens with one attached hydrogen (secondary N) is 2. The monoisotopic (exact) mass is 321 g/mol. The molecule has 0 radical (unpaired) electrons. The normalized spacial score (nSPS) is 12.5. The molecule has 0 unspecified atom stereocenters. The van der Waals surface area contributed by atoms with Crippen LogP contribution in [-0.4, -0.2) is 42.7 Å². The molecule has 0 aliphatic rings. The van der Waals surface area contributed by atoms with Crippen molar-refractivity contribution in [1.29, 1.82) is 0 Å². The van der Waals surface area contributed by atoms with Crippen molar-refractivity contribution in [3.05, 3.63) is 29.8 Å². The van der Waals surface area contributed by atoms with Crippen LogP contribution in [0.15, 0.2) is 29.2 Å². The van der Waals surface area contributed by atoms with E-state index in [2.05, 4.69) is 9.44 Å². The van der Waals surface area contributed by atoms with Gasteiger partial charge in [0.1, 0.15) is 0 Å². The highest BCUT2D eigenvalue weighted by molar-refractivity contribution is 7.90. The second-order valence-corrected chi connectivity index (χ2v) is 7.92. The summed E-state index contributed by atoms with van der Waals surface area (Å²) in [5, 5.41) is 0. The summed E-state index contributed by atoms with van der Waals surface area (Å²) in [7, 11) is -5.85. The molecule has 4 N–H and O–H groups in total. The quantitative estimate of drug-likeness (QED) is 0.568. The zero-order valence-electron chi connectivity index (χ0n) is 11.2. The van der Waals surface area contributed by atoms with E-state index in [-0.39, 0.29) is 17.2 Å². The van der Waals surface area contributed by atoms with Crippen LogP contribution in [-0.2, 0) is 26.5 Å². The van der Waals surface area contributed by atoms with Crippen LogP contribution >= 0.6 is 0 Å². The molecule has 0 amide bonds. The fraction of sp³-hybridized carbons (Fsp3) is 0.455. The van der Waals surface area contributed by atoms with Crippen molar-refractivity contribution in [3.8, 4) is 0 Å². The zero-order valence-corrected chi connectivity index (χ0v) is 12.8. The number of nitrogens with two attached hydrogens (primary N) is 1. The molecule has 0 aromatic heterocycles. The van der Waals surface area contributed by atoms with Gasteiger partial charge in [-0.15, -0.1) is 0 Å². The maximum absolute atomic E-state index is 11.9. The number of hydrogen-bond acceptors (Lipinski definition) is 5. The van der Waals surface area contributed by atoms with Gasteiger partial charge in [-0.25, -0.2) is 26.3 Å². The molecule has 0 saturated heterocycles. The molecular formula is C11H19N3O4S2. The van der Waals surface area contributed by atoms with E-state index in [1.54, 1.807) is 12.1 Å². The lowest BCUT2D eigenvalue weighted by Gasteiger charge is -2.07. The lowest BCUT2D eigenvalue weighted by Crippen LogP contribution is -2.32. The van der Waals surface area contributed by atoms with E-state index in [0.717, 1.165) is 5.56 Å². The Morgan fingerprint density at radius 3 is 2.20 bits per heavy atom. The molecule has 1 rings (SSSR count). The molecular weight excluding hydrogens is 302 g/mol. The van der Waals surface area contributed by atoms with Crippen LogP contribution in [0.25, 0.3) is 0 Å². The van der Waals surface area contributed by atoms with E-state index in [4.69, 9.17) is 5.73 Å². The van der Waals surface area contributed by atoms with Crippen LogP contribution in [0.3, 0.4) is 0 Å². The Kier molecular flexibility index (Phi) is 6.08. The van der Waals surface area contributed by atoms with Gasteiger partial charge in [0.15, 0.2) is 0 Å². The van der Waals surface area contributed by atoms with Gasteiger partial charge in [-0.05, 0) is 37.7 Å². The van der Waals surface area contributed by atoms with Crippen LogP contribution in [0.2, 0.25) is 0 Å². The standard InChI is InChI=1S/C11H19N3O4S2/c1-13-19(15,16)9-8-14-20(17,18)11-4-2-10(3-5-11)6-7-12/h2-5,13-14H,6-9,12H2,1H3. The van der Waals surface area contributed by atoms with Crippen LogP contribution < -0.4 is 15.2 Å². The third kappa shape index (κ3) is 5.17. The maximum atomic E-state index is 11.9. The molecule has 9 heteroatoms. The highest BCUT2D eigenvalue weighted by Crippen LogP contribution is 2.10. The van der Waals surface area contributed by atoms with E-state index in [0.29, 0.717) is 13.0 Å². The maximum Gasteiger partial charge on any atom is 0.240 e. The summed E-state index contributed by atoms with van der Waals surface area (Å²) in [5.74, 6) is -0.312. The Labute approximate surface area is 119 Å². The molecule has 0 aliphatic carbocycles. The van der Waals surface area contributed by atoms with Gasteiger partial charge < -0.3 is 5.73 Å². The Bertz CT molecular complexity index is 624. The van der Waals surface area contributed by atoms with Crippen molar-refractivity contribution in [2.75, 3.05) is 25.9 Å². The van der Waals surface area contributed by atoms with Gasteiger partial charge in [0, 0.05) is 6.54 Å². The van der Waals surface area contributed by atoms with E-state index in [1.807, 2.05) is 0 Å². The van der Waals surface area contributed by atoms with Gasteiger partial charge >= 0.3 is 0 Å². The van der Waals surface area contributed by atoms with Gasteiger partial charge in [-0.2, -0.15) is 0 Å². The molecule has 0 aliphatic heterocycles. The third-order valence-electron chi connectivity index (χ3n) is 2.64. The average molecular weight is 321 g/mol. The number of benzene rings is 1. The first-order chi connectivity index (χ1) is 9.30. The predicted molar refractivity (Wildman–Crippen MR) is 77.2 cm³/mol. The first-order valence-electron chi connectivity index (χ1n) is 6.00. The van der Waals surface area contributed by atoms with E-state index in [1.165, 1.54) is 19.2 Å². The number of rotatable bonds is 8. The SMILES string of the molecule is CNS(=O)(=O)CCNS(=O)(=O)c1ccc(CCN)cc1. The summed E-state index contributed by atoms with van der Waals surface area (Å²) >= 11 is 0. The van der Waals surface area contributed by atoms with Crippen molar-refractivity contribution in [2.45, 2.75) is 11.3 Å². The highest BCUT2D eigenvalue weighted by Gasteiger charge is 2.15.